The lowest BCUT2D eigenvalue weighted by Crippen LogP contribution is -2.15. The highest BCUT2D eigenvalue weighted by molar-refractivity contribution is 5.77. The molecule has 0 aromatic heterocycles. The van der Waals surface area contributed by atoms with Crippen LogP contribution >= 0.6 is 0 Å². The van der Waals surface area contributed by atoms with Crippen molar-refractivity contribution < 1.29 is 24.4 Å². The number of benzene rings is 4. The molecule has 2 atom stereocenters. The fourth-order valence-electron chi connectivity index (χ4n) is 4.27. The Morgan fingerprint density at radius 3 is 1.30 bits per heavy atom. The molecule has 2 N–H and O–H groups in total. The lowest BCUT2D eigenvalue weighted by Gasteiger charge is -2.26. The highest BCUT2D eigenvalue weighted by atomic mass is 16.6. The molecule has 0 radical (unpaired) electrons. The Hall–Kier alpha value is -4.00. The van der Waals surface area contributed by atoms with Crippen molar-refractivity contribution >= 4 is 17.1 Å². The third-order valence-electron chi connectivity index (χ3n) is 6.42. The topological polar surface area (TPSA) is 71.4 Å². The molecule has 0 aliphatic heterocycles. The molecular formula is C34H39NO5. The van der Waals surface area contributed by atoms with Crippen LogP contribution in [0.1, 0.15) is 52.4 Å². The predicted octanol–water partition coefficient (Wildman–Crippen LogP) is 8.72. The van der Waals surface area contributed by atoms with Gasteiger partial charge in [0, 0.05) is 29.9 Å². The molecule has 0 saturated carbocycles. The first-order valence-electron chi connectivity index (χ1n) is 14.1. The fourth-order valence-corrected chi connectivity index (χ4v) is 4.27. The SMILES string of the molecule is CCCCC(O)Oc1ccc(N(c2ccc(Oc3ccccc3)cc2)c2ccc(OC(O)CCCC)cc2)cc1. The van der Waals surface area contributed by atoms with Crippen molar-refractivity contribution in [2.24, 2.45) is 0 Å². The van der Waals surface area contributed by atoms with Gasteiger partial charge in [0.15, 0.2) is 12.6 Å². The number of hydrogen-bond donors (Lipinski definition) is 2. The molecule has 0 amide bonds. The molecule has 0 fully saturated rings. The largest absolute Gasteiger partial charge is 0.465 e. The van der Waals surface area contributed by atoms with E-state index in [0.29, 0.717) is 24.3 Å². The molecule has 0 aliphatic carbocycles. The van der Waals surface area contributed by atoms with E-state index < -0.39 is 12.6 Å². The molecule has 6 heteroatoms. The Bertz CT molecular complexity index is 1200. The van der Waals surface area contributed by atoms with Crippen molar-refractivity contribution in [2.45, 2.75) is 65.0 Å². The number of ether oxygens (including phenoxy) is 3. The first kappa shape index (κ1) is 29.0. The Morgan fingerprint density at radius 2 is 0.900 bits per heavy atom. The third-order valence-corrected chi connectivity index (χ3v) is 6.42. The number of para-hydroxylation sites is 1. The van der Waals surface area contributed by atoms with Crippen molar-refractivity contribution in [2.75, 3.05) is 4.90 Å². The summed E-state index contributed by atoms with van der Waals surface area (Å²) in [6.45, 7) is 4.17. The summed E-state index contributed by atoms with van der Waals surface area (Å²) >= 11 is 0. The number of anilines is 3. The van der Waals surface area contributed by atoms with Gasteiger partial charge in [-0.25, -0.2) is 0 Å². The number of aliphatic hydroxyl groups excluding tert-OH is 2. The second-order valence-corrected chi connectivity index (χ2v) is 9.66. The Labute approximate surface area is 237 Å². The van der Waals surface area contributed by atoms with Crippen LogP contribution < -0.4 is 19.1 Å². The van der Waals surface area contributed by atoms with E-state index in [1.165, 1.54) is 0 Å². The van der Waals surface area contributed by atoms with Gasteiger partial charge in [-0.15, -0.1) is 0 Å². The van der Waals surface area contributed by atoms with Gasteiger partial charge in [-0.1, -0.05) is 44.9 Å². The summed E-state index contributed by atoms with van der Waals surface area (Å²) in [5.74, 6) is 2.75. The summed E-state index contributed by atoms with van der Waals surface area (Å²) in [6.07, 6.45) is 3.39. The van der Waals surface area contributed by atoms with Crippen molar-refractivity contribution in [1.82, 2.24) is 0 Å². The first-order valence-corrected chi connectivity index (χ1v) is 14.1. The molecule has 0 heterocycles. The molecule has 0 spiro atoms. The highest BCUT2D eigenvalue weighted by Gasteiger charge is 2.15. The van der Waals surface area contributed by atoms with Crippen molar-refractivity contribution in [1.29, 1.82) is 0 Å². The van der Waals surface area contributed by atoms with Gasteiger partial charge in [0.1, 0.15) is 23.0 Å². The quantitative estimate of drug-likeness (QED) is 0.147. The van der Waals surface area contributed by atoms with Crippen molar-refractivity contribution in [3.63, 3.8) is 0 Å². The van der Waals surface area contributed by atoms with E-state index in [4.69, 9.17) is 14.2 Å². The molecule has 4 aromatic rings. The van der Waals surface area contributed by atoms with E-state index in [2.05, 4.69) is 18.7 Å². The molecule has 40 heavy (non-hydrogen) atoms. The minimum Gasteiger partial charge on any atom is -0.465 e. The van der Waals surface area contributed by atoms with E-state index in [1.807, 2.05) is 103 Å². The average Bonchev–Trinajstić information content (AvgIpc) is 2.98. The van der Waals surface area contributed by atoms with Crippen LogP contribution in [0.2, 0.25) is 0 Å². The van der Waals surface area contributed by atoms with Crippen molar-refractivity contribution in [3.05, 3.63) is 103 Å². The Morgan fingerprint density at radius 1 is 0.525 bits per heavy atom. The lowest BCUT2D eigenvalue weighted by molar-refractivity contribution is -0.0247. The van der Waals surface area contributed by atoms with Gasteiger partial charge in [0.2, 0.25) is 0 Å². The van der Waals surface area contributed by atoms with E-state index in [0.717, 1.165) is 54.2 Å². The van der Waals surface area contributed by atoms with Crippen LogP contribution in [0.25, 0.3) is 0 Å². The van der Waals surface area contributed by atoms with E-state index in [1.54, 1.807) is 0 Å². The number of rotatable bonds is 15. The summed E-state index contributed by atoms with van der Waals surface area (Å²) < 4.78 is 17.4. The van der Waals surface area contributed by atoms with Crippen LogP contribution in [0, 0.1) is 0 Å². The van der Waals surface area contributed by atoms with Gasteiger partial charge < -0.3 is 29.3 Å². The van der Waals surface area contributed by atoms with Crippen LogP contribution in [0.4, 0.5) is 17.1 Å². The molecule has 0 saturated heterocycles. The van der Waals surface area contributed by atoms with Gasteiger partial charge in [0.05, 0.1) is 0 Å². The number of unbranched alkanes of at least 4 members (excludes halogenated alkanes) is 2. The summed E-state index contributed by atoms with van der Waals surface area (Å²) in [5.41, 5.74) is 2.78. The van der Waals surface area contributed by atoms with Gasteiger partial charge in [-0.2, -0.15) is 0 Å². The normalized spacial score (nSPS) is 12.4. The van der Waals surface area contributed by atoms with Gasteiger partial charge in [0.25, 0.3) is 0 Å². The summed E-state index contributed by atoms with van der Waals surface area (Å²) in [7, 11) is 0. The van der Waals surface area contributed by atoms with Crippen molar-refractivity contribution in [3.8, 4) is 23.0 Å². The first-order chi connectivity index (χ1) is 19.6. The molecule has 4 aromatic carbocycles. The van der Waals surface area contributed by atoms with Gasteiger partial charge in [-0.3, -0.25) is 0 Å². The molecule has 2 unspecified atom stereocenters. The molecule has 0 aliphatic rings. The number of nitrogens with zero attached hydrogens (tertiary/aromatic N) is 1. The maximum Gasteiger partial charge on any atom is 0.197 e. The van der Waals surface area contributed by atoms with Gasteiger partial charge in [-0.05, 0) is 97.8 Å². The van der Waals surface area contributed by atoms with Crippen LogP contribution in [-0.4, -0.2) is 22.8 Å². The van der Waals surface area contributed by atoms with Gasteiger partial charge >= 0.3 is 0 Å². The standard InChI is InChI=1S/C34H39NO5/c1-3-5-12-33(36)39-31-22-16-27(17-23-31)35(28-18-24-32(25-19-28)40-34(37)13-6-4-2)26-14-20-30(21-15-26)38-29-10-8-7-9-11-29/h7-11,14-25,33-34,36-37H,3-6,12-13H2,1-2H3. The number of aliphatic hydroxyl groups is 2. The summed E-state index contributed by atoms with van der Waals surface area (Å²) in [4.78, 5) is 2.11. The Kier molecular flexibility index (Phi) is 10.8. The zero-order valence-electron chi connectivity index (χ0n) is 23.3. The fraction of sp³-hybridized carbons (Fsp3) is 0.294. The average molecular weight is 542 g/mol. The second-order valence-electron chi connectivity index (χ2n) is 9.66. The molecular weight excluding hydrogens is 502 g/mol. The van der Waals surface area contributed by atoms with Crippen LogP contribution in [0.5, 0.6) is 23.0 Å². The number of hydrogen-bond acceptors (Lipinski definition) is 6. The van der Waals surface area contributed by atoms with Crippen LogP contribution in [-0.2, 0) is 0 Å². The second kappa shape index (κ2) is 15.0. The molecule has 0 bridgehead atoms. The lowest BCUT2D eigenvalue weighted by atomic mass is 10.1. The van der Waals surface area contributed by atoms with E-state index in [-0.39, 0.29) is 0 Å². The maximum absolute atomic E-state index is 10.2. The summed E-state index contributed by atoms with van der Waals surface area (Å²) in [6, 6.07) is 32.9. The minimum absolute atomic E-state index is 0.601. The molecule has 4 rings (SSSR count). The van der Waals surface area contributed by atoms with E-state index in [9.17, 15) is 10.2 Å². The minimum atomic E-state index is -0.820. The third kappa shape index (κ3) is 8.50. The zero-order chi connectivity index (χ0) is 28.2. The van der Waals surface area contributed by atoms with E-state index >= 15 is 0 Å². The smallest absolute Gasteiger partial charge is 0.197 e. The maximum atomic E-state index is 10.2. The Balaban J connectivity index is 1.57. The predicted molar refractivity (Wildman–Crippen MR) is 160 cm³/mol. The molecule has 210 valence electrons. The van der Waals surface area contributed by atoms with Crippen LogP contribution in [0.3, 0.4) is 0 Å². The molecule has 6 nitrogen and oxygen atoms in total. The van der Waals surface area contributed by atoms with Crippen LogP contribution in [0.15, 0.2) is 103 Å². The monoisotopic (exact) mass is 541 g/mol. The highest BCUT2D eigenvalue weighted by Crippen LogP contribution is 2.37. The zero-order valence-corrected chi connectivity index (χ0v) is 23.3. The summed E-state index contributed by atoms with van der Waals surface area (Å²) in [5, 5.41) is 20.3.